The van der Waals surface area contributed by atoms with Crippen molar-refractivity contribution in [2.75, 3.05) is 38.2 Å². The van der Waals surface area contributed by atoms with E-state index in [2.05, 4.69) is 15.1 Å². The number of benzene rings is 1. The van der Waals surface area contributed by atoms with Crippen LogP contribution in [0.2, 0.25) is 0 Å². The van der Waals surface area contributed by atoms with Crippen molar-refractivity contribution in [3.63, 3.8) is 0 Å². The van der Waals surface area contributed by atoms with Crippen molar-refractivity contribution in [2.45, 2.75) is 4.90 Å². The highest BCUT2D eigenvalue weighted by atomic mass is 32.2. The molecule has 0 unspecified atom stereocenters. The van der Waals surface area contributed by atoms with Gasteiger partial charge >= 0.3 is 0 Å². The first-order valence-corrected chi connectivity index (χ1v) is 10.7. The summed E-state index contributed by atoms with van der Waals surface area (Å²) in [6.07, 6.45) is 4.11. The van der Waals surface area contributed by atoms with Gasteiger partial charge in [-0.3, -0.25) is 4.68 Å². The first-order valence-electron chi connectivity index (χ1n) is 9.29. The van der Waals surface area contributed by atoms with E-state index >= 15 is 4.39 Å². The average molecular weight is 432 g/mol. The molecule has 2 aromatic heterocycles. The first-order chi connectivity index (χ1) is 14.4. The molecule has 0 amide bonds. The maximum Gasteiger partial charge on any atom is 0.246 e. The highest BCUT2D eigenvalue weighted by molar-refractivity contribution is 7.89. The van der Waals surface area contributed by atoms with Crippen molar-refractivity contribution < 1.29 is 17.5 Å². The largest absolute Gasteiger partial charge is 0.497 e. The van der Waals surface area contributed by atoms with Gasteiger partial charge in [-0.1, -0.05) is 0 Å². The Morgan fingerprint density at radius 1 is 1.07 bits per heavy atom. The average Bonchev–Trinajstić information content (AvgIpc) is 3.21. The van der Waals surface area contributed by atoms with Gasteiger partial charge in [0.05, 0.1) is 13.3 Å². The molecule has 0 N–H and O–H groups in total. The van der Waals surface area contributed by atoms with Gasteiger partial charge < -0.3 is 9.64 Å². The van der Waals surface area contributed by atoms with Crippen LogP contribution in [0.5, 0.6) is 5.75 Å². The second-order valence-corrected chi connectivity index (χ2v) is 8.77. The fourth-order valence-electron chi connectivity index (χ4n) is 3.35. The van der Waals surface area contributed by atoms with Gasteiger partial charge in [-0.2, -0.15) is 9.40 Å². The van der Waals surface area contributed by atoms with Crippen LogP contribution in [0.25, 0.3) is 11.3 Å². The highest BCUT2D eigenvalue weighted by Gasteiger charge is 2.31. The van der Waals surface area contributed by atoms with Gasteiger partial charge in [0.2, 0.25) is 10.0 Å². The Balaban J connectivity index is 1.52. The quantitative estimate of drug-likeness (QED) is 0.604. The minimum Gasteiger partial charge on any atom is -0.497 e. The van der Waals surface area contributed by atoms with E-state index in [-0.39, 0.29) is 29.5 Å². The van der Waals surface area contributed by atoms with Crippen molar-refractivity contribution in [2.24, 2.45) is 7.05 Å². The van der Waals surface area contributed by atoms with E-state index in [9.17, 15) is 8.42 Å². The number of hydrogen-bond donors (Lipinski definition) is 0. The number of aromatic nitrogens is 4. The second-order valence-electron chi connectivity index (χ2n) is 6.83. The number of aryl methyl sites for hydroxylation is 1. The van der Waals surface area contributed by atoms with Crippen molar-refractivity contribution in [1.82, 2.24) is 24.1 Å². The summed E-state index contributed by atoms with van der Waals surface area (Å²) in [4.78, 5) is 10.1. The van der Waals surface area contributed by atoms with E-state index in [1.165, 1.54) is 27.7 Å². The Labute approximate surface area is 173 Å². The number of hydrogen-bond acceptors (Lipinski definition) is 7. The van der Waals surface area contributed by atoms with Gasteiger partial charge in [-0.15, -0.1) is 0 Å². The molecular weight excluding hydrogens is 411 g/mol. The standard InChI is InChI=1S/C19H21FN6O3S/c1-24-12-16(11-23-24)30(27,28)26-9-7-25(8-10-26)19-17(20)18(21-13-22-19)14-3-5-15(29-2)6-4-14/h3-6,11-13H,7-10H2,1-2H3. The molecule has 3 heterocycles. The minimum absolute atomic E-state index is 0.147. The molecule has 1 saturated heterocycles. The van der Waals surface area contributed by atoms with Gasteiger partial charge in [0.25, 0.3) is 0 Å². The molecule has 1 aliphatic heterocycles. The molecule has 11 heteroatoms. The van der Waals surface area contributed by atoms with E-state index < -0.39 is 15.8 Å². The Morgan fingerprint density at radius 3 is 2.37 bits per heavy atom. The van der Waals surface area contributed by atoms with Crippen LogP contribution in [0.4, 0.5) is 10.2 Å². The molecule has 1 aliphatic rings. The summed E-state index contributed by atoms with van der Waals surface area (Å²) in [5.41, 5.74) is 0.794. The zero-order valence-corrected chi connectivity index (χ0v) is 17.4. The summed E-state index contributed by atoms with van der Waals surface area (Å²) < 4.78 is 48.6. The highest BCUT2D eigenvalue weighted by Crippen LogP contribution is 2.28. The minimum atomic E-state index is -3.63. The Kier molecular flexibility index (Phi) is 5.39. The van der Waals surface area contributed by atoms with Crippen LogP contribution >= 0.6 is 0 Å². The number of halogens is 1. The van der Waals surface area contributed by atoms with Crippen molar-refractivity contribution in [3.8, 4) is 17.0 Å². The molecule has 0 radical (unpaired) electrons. The van der Waals surface area contributed by atoms with E-state index in [0.29, 0.717) is 24.4 Å². The van der Waals surface area contributed by atoms with Crippen LogP contribution in [0.15, 0.2) is 47.9 Å². The number of nitrogens with zero attached hydrogens (tertiary/aromatic N) is 6. The van der Waals surface area contributed by atoms with Gasteiger partial charge in [0.1, 0.15) is 22.7 Å². The predicted molar refractivity (Wildman–Crippen MR) is 108 cm³/mol. The number of piperazine rings is 1. The second kappa shape index (κ2) is 8.00. The molecule has 0 spiro atoms. The molecule has 30 heavy (non-hydrogen) atoms. The van der Waals surface area contributed by atoms with E-state index in [4.69, 9.17) is 4.74 Å². The zero-order chi connectivity index (χ0) is 21.3. The fraction of sp³-hybridized carbons (Fsp3) is 0.316. The first kappa shape index (κ1) is 20.2. The van der Waals surface area contributed by atoms with Crippen LogP contribution in [-0.4, -0.2) is 65.8 Å². The van der Waals surface area contributed by atoms with Crippen molar-refractivity contribution >= 4 is 15.8 Å². The van der Waals surface area contributed by atoms with Gasteiger partial charge in [-0.25, -0.2) is 22.8 Å². The van der Waals surface area contributed by atoms with Crippen molar-refractivity contribution in [1.29, 1.82) is 0 Å². The van der Waals surface area contributed by atoms with Crippen LogP contribution in [0.1, 0.15) is 0 Å². The summed E-state index contributed by atoms with van der Waals surface area (Å²) >= 11 is 0. The molecule has 1 fully saturated rings. The normalized spacial score (nSPS) is 15.4. The molecule has 0 saturated carbocycles. The van der Waals surface area contributed by atoms with Crippen molar-refractivity contribution in [3.05, 3.63) is 48.8 Å². The molecule has 3 aromatic rings. The lowest BCUT2D eigenvalue weighted by atomic mass is 10.1. The van der Waals surface area contributed by atoms with E-state index in [1.54, 1.807) is 43.3 Å². The van der Waals surface area contributed by atoms with E-state index in [0.717, 1.165) is 0 Å². The lowest BCUT2D eigenvalue weighted by Crippen LogP contribution is -2.49. The molecule has 0 aliphatic carbocycles. The van der Waals surface area contributed by atoms with Gasteiger partial charge in [0.15, 0.2) is 11.6 Å². The molecule has 158 valence electrons. The maximum absolute atomic E-state index is 15.2. The SMILES string of the molecule is COc1ccc(-c2ncnc(N3CCN(S(=O)(=O)c4cnn(C)c4)CC3)c2F)cc1. The number of ether oxygens (including phenoxy) is 1. The lowest BCUT2D eigenvalue weighted by molar-refractivity contribution is 0.381. The Hall–Kier alpha value is -3.05. The maximum atomic E-state index is 15.2. The summed E-state index contributed by atoms with van der Waals surface area (Å²) in [5.74, 6) is 0.292. The summed E-state index contributed by atoms with van der Waals surface area (Å²) in [5, 5.41) is 3.93. The van der Waals surface area contributed by atoms with Crippen LogP contribution in [-0.2, 0) is 17.1 Å². The summed E-state index contributed by atoms with van der Waals surface area (Å²) in [6, 6.07) is 6.93. The summed E-state index contributed by atoms with van der Waals surface area (Å²) in [7, 11) is -0.406. The molecular formula is C19H21FN6O3S. The molecule has 9 nitrogen and oxygen atoms in total. The molecule has 4 rings (SSSR count). The van der Waals surface area contributed by atoms with Crippen LogP contribution in [0, 0.1) is 5.82 Å². The smallest absolute Gasteiger partial charge is 0.246 e. The number of anilines is 1. The molecule has 0 bridgehead atoms. The number of sulfonamides is 1. The number of methoxy groups -OCH3 is 1. The zero-order valence-electron chi connectivity index (χ0n) is 16.6. The lowest BCUT2D eigenvalue weighted by Gasteiger charge is -2.34. The third-order valence-corrected chi connectivity index (χ3v) is 6.84. The summed E-state index contributed by atoms with van der Waals surface area (Å²) in [6.45, 7) is 1.07. The Morgan fingerprint density at radius 2 is 1.77 bits per heavy atom. The third kappa shape index (κ3) is 3.73. The van der Waals surface area contributed by atoms with Gasteiger partial charge in [-0.05, 0) is 24.3 Å². The third-order valence-electron chi connectivity index (χ3n) is 4.99. The van der Waals surface area contributed by atoms with Gasteiger partial charge in [0, 0.05) is 45.0 Å². The van der Waals surface area contributed by atoms with Crippen LogP contribution in [0.3, 0.4) is 0 Å². The predicted octanol–water partition coefficient (Wildman–Crippen LogP) is 1.54. The monoisotopic (exact) mass is 432 g/mol. The van der Waals surface area contributed by atoms with Crippen LogP contribution < -0.4 is 9.64 Å². The Bertz CT molecular complexity index is 1140. The molecule has 1 aromatic carbocycles. The van der Waals surface area contributed by atoms with E-state index in [1.807, 2.05) is 0 Å². The fourth-order valence-corrected chi connectivity index (χ4v) is 4.76. The number of rotatable bonds is 5. The topological polar surface area (TPSA) is 93.5 Å². The molecule has 0 atom stereocenters.